The highest BCUT2D eigenvalue weighted by Crippen LogP contribution is 2.25. The van der Waals surface area contributed by atoms with Crippen LogP contribution in [0.25, 0.3) is 0 Å². The second kappa shape index (κ2) is 6.09. The number of aliphatic carboxylic acids is 1. The lowest BCUT2D eigenvalue weighted by Gasteiger charge is -2.21. The minimum Gasteiger partial charge on any atom is -0.497 e. The first-order valence-corrected chi connectivity index (χ1v) is 6.38. The van der Waals surface area contributed by atoms with Gasteiger partial charge in [0, 0.05) is 26.1 Å². The number of carbonyl (C=O) groups excluding carboxylic acids is 1. The Balaban J connectivity index is 2.28. The second-order valence-electron chi connectivity index (χ2n) is 4.75. The lowest BCUT2D eigenvalue weighted by atomic mass is 10.1. The van der Waals surface area contributed by atoms with Gasteiger partial charge in [-0.1, -0.05) is 0 Å². The molecule has 1 aromatic rings. The summed E-state index contributed by atoms with van der Waals surface area (Å²) in [5.74, 6) is -2.25. The summed E-state index contributed by atoms with van der Waals surface area (Å²) in [6, 6.07) is 2.82. The molecule has 1 amide bonds. The Morgan fingerprint density at radius 1 is 1.38 bits per heavy atom. The number of hydrogen-bond donors (Lipinski definition) is 1. The fourth-order valence-electron chi connectivity index (χ4n) is 2.38. The smallest absolute Gasteiger partial charge is 0.326 e. The van der Waals surface area contributed by atoms with Gasteiger partial charge in [-0.2, -0.15) is 0 Å². The van der Waals surface area contributed by atoms with Gasteiger partial charge in [0.2, 0.25) is 0 Å². The molecule has 0 saturated carbocycles. The van der Waals surface area contributed by atoms with Crippen LogP contribution in [0.15, 0.2) is 18.2 Å². The molecule has 1 aliphatic rings. The van der Waals surface area contributed by atoms with E-state index >= 15 is 0 Å². The fourth-order valence-corrected chi connectivity index (χ4v) is 2.38. The van der Waals surface area contributed by atoms with Crippen LogP contribution in [-0.4, -0.2) is 54.8 Å². The largest absolute Gasteiger partial charge is 0.497 e. The van der Waals surface area contributed by atoms with Crippen molar-refractivity contribution in [3.8, 4) is 5.75 Å². The van der Waals surface area contributed by atoms with Crippen molar-refractivity contribution in [2.45, 2.75) is 18.6 Å². The summed E-state index contributed by atoms with van der Waals surface area (Å²) in [5.41, 5.74) is -0.182. The summed E-state index contributed by atoms with van der Waals surface area (Å²) in [6.07, 6.45) is -0.175. The lowest BCUT2D eigenvalue weighted by molar-refractivity contribution is -0.141. The van der Waals surface area contributed by atoms with Crippen molar-refractivity contribution < 1.29 is 28.6 Å². The first kappa shape index (κ1) is 15.2. The third-order valence-electron chi connectivity index (χ3n) is 3.55. The predicted octanol–water partition coefficient (Wildman–Crippen LogP) is 1.15. The zero-order valence-electron chi connectivity index (χ0n) is 11.7. The molecular formula is C14H16FNO5. The zero-order chi connectivity index (χ0) is 15.6. The molecule has 1 fully saturated rings. The summed E-state index contributed by atoms with van der Waals surface area (Å²) in [4.78, 5) is 24.7. The highest BCUT2D eigenvalue weighted by molar-refractivity contribution is 5.97. The van der Waals surface area contributed by atoms with Gasteiger partial charge in [0.25, 0.3) is 5.91 Å². The van der Waals surface area contributed by atoms with Crippen LogP contribution in [0.2, 0.25) is 0 Å². The molecule has 1 aliphatic heterocycles. The molecule has 0 bridgehead atoms. The maximum atomic E-state index is 13.9. The average molecular weight is 297 g/mol. The minimum atomic E-state index is -1.13. The van der Waals surface area contributed by atoms with Gasteiger partial charge in [-0.25, -0.2) is 9.18 Å². The lowest BCUT2D eigenvalue weighted by Crippen LogP contribution is -2.41. The van der Waals surface area contributed by atoms with Gasteiger partial charge in [-0.15, -0.1) is 0 Å². The monoisotopic (exact) mass is 297 g/mol. The maximum absolute atomic E-state index is 13.9. The van der Waals surface area contributed by atoms with Crippen LogP contribution in [0.3, 0.4) is 0 Å². The maximum Gasteiger partial charge on any atom is 0.326 e. The molecule has 1 saturated heterocycles. The van der Waals surface area contributed by atoms with Gasteiger partial charge >= 0.3 is 5.97 Å². The van der Waals surface area contributed by atoms with Crippen LogP contribution in [0.1, 0.15) is 16.8 Å². The van der Waals surface area contributed by atoms with E-state index in [4.69, 9.17) is 9.47 Å². The zero-order valence-corrected chi connectivity index (χ0v) is 11.7. The van der Waals surface area contributed by atoms with Gasteiger partial charge < -0.3 is 19.5 Å². The van der Waals surface area contributed by atoms with Crippen molar-refractivity contribution in [2.75, 3.05) is 20.8 Å². The number of methoxy groups -OCH3 is 2. The second-order valence-corrected chi connectivity index (χ2v) is 4.75. The van der Waals surface area contributed by atoms with E-state index in [9.17, 15) is 19.1 Å². The number of benzene rings is 1. The number of likely N-dealkylation sites (tertiary alicyclic amines) is 1. The van der Waals surface area contributed by atoms with Crippen LogP contribution in [-0.2, 0) is 9.53 Å². The number of nitrogens with zero attached hydrogens (tertiary/aromatic N) is 1. The molecule has 2 rings (SSSR count). The van der Waals surface area contributed by atoms with E-state index in [1.807, 2.05) is 0 Å². The van der Waals surface area contributed by atoms with Gasteiger partial charge in [0.05, 0.1) is 18.8 Å². The Morgan fingerprint density at radius 2 is 2.10 bits per heavy atom. The van der Waals surface area contributed by atoms with Crippen LogP contribution in [0.5, 0.6) is 5.75 Å². The van der Waals surface area contributed by atoms with E-state index in [-0.39, 0.29) is 30.4 Å². The van der Waals surface area contributed by atoms with Gasteiger partial charge in [-0.05, 0) is 12.1 Å². The Bertz CT molecular complexity index is 562. The van der Waals surface area contributed by atoms with E-state index in [1.54, 1.807) is 0 Å². The summed E-state index contributed by atoms with van der Waals surface area (Å²) < 4.78 is 23.9. The van der Waals surface area contributed by atoms with E-state index in [2.05, 4.69) is 0 Å². The topological polar surface area (TPSA) is 76.1 Å². The molecule has 0 radical (unpaired) electrons. The molecule has 2 atom stereocenters. The quantitative estimate of drug-likeness (QED) is 0.902. The van der Waals surface area contributed by atoms with Gasteiger partial charge in [0.15, 0.2) is 0 Å². The number of carboxylic acid groups (broad SMARTS) is 1. The molecule has 7 heteroatoms. The molecule has 6 nitrogen and oxygen atoms in total. The Labute approximate surface area is 121 Å². The first-order valence-electron chi connectivity index (χ1n) is 6.38. The number of ether oxygens (including phenoxy) is 2. The highest BCUT2D eigenvalue weighted by Gasteiger charge is 2.40. The van der Waals surface area contributed by atoms with Crippen molar-refractivity contribution in [3.63, 3.8) is 0 Å². The molecule has 2 unspecified atom stereocenters. The number of rotatable bonds is 4. The fraction of sp³-hybridized carbons (Fsp3) is 0.429. The van der Waals surface area contributed by atoms with Crippen LogP contribution >= 0.6 is 0 Å². The first-order chi connectivity index (χ1) is 9.97. The van der Waals surface area contributed by atoms with E-state index in [0.29, 0.717) is 0 Å². The van der Waals surface area contributed by atoms with E-state index in [1.165, 1.54) is 26.4 Å². The summed E-state index contributed by atoms with van der Waals surface area (Å²) >= 11 is 0. The average Bonchev–Trinajstić information content (AvgIpc) is 2.91. The highest BCUT2D eigenvalue weighted by atomic mass is 19.1. The standard InChI is InChI=1S/C14H16FNO5/c1-20-8-3-4-10(11(15)5-8)13(17)16-7-9(21-2)6-12(16)14(18)19/h3-5,9,12H,6-7H2,1-2H3,(H,18,19). The number of hydrogen-bond acceptors (Lipinski definition) is 4. The molecule has 0 aliphatic carbocycles. The molecule has 1 N–H and O–H groups in total. The number of carbonyl (C=O) groups is 2. The molecule has 1 aromatic carbocycles. The van der Waals surface area contributed by atoms with Gasteiger partial charge in [0.1, 0.15) is 17.6 Å². The summed E-state index contributed by atoms with van der Waals surface area (Å²) in [7, 11) is 2.84. The van der Waals surface area contributed by atoms with Crippen molar-refractivity contribution in [2.24, 2.45) is 0 Å². The molecule has 0 aromatic heterocycles. The normalized spacial score (nSPS) is 21.4. The molecule has 1 heterocycles. The molecule has 114 valence electrons. The Morgan fingerprint density at radius 3 is 2.62 bits per heavy atom. The third kappa shape index (κ3) is 2.97. The number of halogens is 1. The molecule has 0 spiro atoms. The van der Waals surface area contributed by atoms with E-state index in [0.717, 1.165) is 11.0 Å². The van der Waals surface area contributed by atoms with Crippen molar-refractivity contribution in [1.29, 1.82) is 0 Å². The summed E-state index contributed by atoms with van der Waals surface area (Å²) in [5, 5.41) is 9.18. The number of carboxylic acids is 1. The van der Waals surface area contributed by atoms with E-state index < -0.39 is 23.7 Å². The van der Waals surface area contributed by atoms with Crippen molar-refractivity contribution in [3.05, 3.63) is 29.6 Å². The Kier molecular flexibility index (Phi) is 4.42. The van der Waals surface area contributed by atoms with Crippen molar-refractivity contribution in [1.82, 2.24) is 4.90 Å². The minimum absolute atomic E-state index is 0.123. The molecular weight excluding hydrogens is 281 g/mol. The summed E-state index contributed by atoms with van der Waals surface area (Å²) in [6.45, 7) is 0.123. The Hall–Kier alpha value is -2.15. The van der Waals surface area contributed by atoms with Crippen molar-refractivity contribution >= 4 is 11.9 Å². The SMILES string of the molecule is COc1ccc(C(=O)N2CC(OC)CC2C(=O)O)c(F)c1. The number of amides is 1. The van der Waals surface area contributed by atoms with Gasteiger partial charge in [-0.3, -0.25) is 4.79 Å². The molecule has 21 heavy (non-hydrogen) atoms. The van der Waals surface area contributed by atoms with Crippen LogP contribution < -0.4 is 4.74 Å². The van der Waals surface area contributed by atoms with Crippen LogP contribution in [0, 0.1) is 5.82 Å². The predicted molar refractivity (Wildman–Crippen MR) is 70.8 cm³/mol. The third-order valence-corrected chi connectivity index (χ3v) is 3.55. The van der Waals surface area contributed by atoms with Crippen LogP contribution in [0.4, 0.5) is 4.39 Å².